The molecule has 4 nitrogen and oxygen atoms in total. The third-order valence-electron chi connectivity index (χ3n) is 8.57. The van der Waals surface area contributed by atoms with Gasteiger partial charge in [0.1, 0.15) is 11.4 Å². The monoisotopic (exact) mass is 460 g/mol. The average Bonchev–Trinajstić information content (AvgIpc) is 3.19. The zero-order valence-corrected chi connectivity index (χ0v) is 20.1. The summed E-state index contributed by atoms with van der Waals surface area (Å²) in [5.41, 5.74) is 4.72. The summed E-state index contributed by atoms with van der Waals surface area (Å²) in [6, 6.07) is 18.9. The molecule has 0 saturated heterocycles. The molecular weight excluding hydrogens is 428 g/mol. The van der Waals surface area contributed by atoms with Gasteiger partial charge in [0, 0.05) is 23.2 Å². The molecule has 3 aromatic rings. The summed E-state index contributed by atoms with van der Waals surface area (Å²) in [5, 5.41) is 14.5. The van der Waals surface area contributed by atoms with Crippen LogP contribution in [0.1, 0.15) is 56.7 Å². The summed E-state index contributed by atoms with van der Waals surface area (Å²) in [5.74, 6) is 2.91. The van der Waals surface area contributed by atoms with E-state index in [0.29, 0.717) is 18.0 Å². The standard InChI is InChI=1S/C28H33ClN4/c1-19(28-14-21-10-22(15-28)12-23(11-21)16-28)30-17-26-27(24-7-3-2-4-8-24)32-33(31-26)18-20-6-5-9-25(29)13-20/h2-9,13,19,21-23,30H,10-12,14-18H2,1H3/t19-,21?,22?,23?,28?/m1/s1. The van der Waals surface area contributed by atoms with E-state index >= 15 is 0 Å². The second-order valence-corrected chi connectivity index (χ2v) is 11.3. The molecule has 4 fully saturated rings. The van der Waals surface area contributed by atoms with Gasteiger partial charge in [-0.3, -0.25) is 0 Å². The van der Waals surface area contributed by atoms with Crippen LogP contribution in [-0.2, 0) is 13.1 Å². The largest absolute Gasteiger partial charge is 0.308 e. The van der Waals surface area contributed by atoms with Crippen molar-refractivity contribution in [2.45, 2.75) is 64.6 Å². The molecule has 7 rings (SSSR count). The second-order valence-electron chi connectivity index (χ2n) is 10.9. The van der Waals surface area contributed by atoms with Gasteiger partial charge in [-0.1, -0.05) is 54.1 Å². The van der Waals surface area contributed by atoms with Crippen molar-refractivity contribution in [3.05, 3.63) is 70.9 Å². The zero-order chi connectivity index (χ0) is 22.4. The Labute approximate surface area is 201 Å². The number of aromatic nitrogens is 3. The highest BCUT2D eigenvalue weighted by atomic mass is 35.5. The van der Waals surface area contributed by atoms with Crippen molar-refractivity contribution in [2.75, 3.05) is 0 Å². The zero-order valence-electron chi connectivity index (χ0n) is 19.4. The first-order valence-electron chi connectivity index (χ1n) is 12.5. The first-order valence-corrected chi connectivity index (χ1v) is 12.9. The van der Waals surface area contributed by atoms with Crippen LogP contribution >= 0.6 is 11.6 Å². The van der Waals surface area contributed by atoms with E-state index in [1.165, 1.54) is 38.5 Å². The summed E-state index contributed by atoms with van der Waals surface area (Å²) < 4.78 is 0. The molecule has 1 aromatic heterocycles. The van der Waals surface area contributed by atoms with Gasteiger partial charge < -0.3 is 5.32 Å². The van der Waals surface area contributed by atoms with Gasteiger partial charge in [0.2, 0.25) is 0 Å². The van der Waals surface area contributed by atoms with Gasteiger partial charge in [-0.05, 0) is 86.3 Å². The number of halogens is 1. The van der Waals surface area contributed by atoms with E-state index in [2.05, 4.69) is 42.6 Å². The molecule has 1 atom stereocenters. The summed E-state index contributed by atoms with van der Waals surface area (Å²) in [6.45, 7) is 3.79. The van der Waals surface area contributed by atoms with E-state index in [-0.39, 0.29) is 0 Å². The Morgan fingerprint density at radius 2 is 1.67 bits per heavy atom. The molecule has 4 saturated carbocycles. The highest BCUT2D eigenvalue weighted by Crippen LogP contribution is 2.61. The third-order valence-corrected chi connectivity index (χ3v) is 8.80. The number of rotatable bonds is 7. The van der Waals surface area contributed by atoms with Crippen molar-refractivity contribution in [2.24, 2.45) is 23.2 Å². The smallest absolute Gasteiger partial charge is 0.117 e. The minimum atomic E-state index is 0.485. The fraction of sp³-hybridized carbons (Fsp3) is 0.500. The lowest BCUT2D eigenvalue weighted by atomic mass is 9.48. The molecule has 0 spiro atoms. The SMILES string of the molecule is C[C@@H](NCc1nn(Cc2cccc(Cl)c2)nc1-c1ccccc1)C12CC3CC(CC(C3)C1)C2. The minimum absolute atomic E-state index is 0.485. The molecule has 0 aliphatic heterocycles. The summed E-state index contributed by atoms with van der Waals surface area (Å²) in [4.78, 5) is 1.82. The third kappa shape index (κ3) is 4.24. The van der Waals surface area contributed by atoms with E-state index < -0.39 is 0 Å². The van der Waals surface area contributed by atoms with Crippen LogP contribution in [0.15, 0.2) is 54.6 Å². The molecule has 1 heterocycles. The van der Waals surface area contributed by atoms with Gasteiger partial charge in [-0.2, -0.15) is 15.0 Å². The van der Waals surface area contributed by atoms with E-state index in [9.17, 15) is 0 Å². The maximum Gasteiger partial charge on any atom is 0.117 e. The van der Waals surface area contributed by atoms with Crippen molar-refractivity contribution in [3.63, 3.8) is 0 Å². The Morgan fingerprint density at radius 3 is 2.33 bits per heavy atom. The average molecular weight is 461 g/mol. The van der Waals surface area contributed by atoms with Crippen molar-refractivity contribution in [1.29, 1.82) is 0 Å². The highest BCUT2D eigenvalue weighted by molar-refractivity contribution is 6.30. The lowest BCUT2D eigenvalue weighted by Crippen LogP contribution is -2.54. The molecule has 1 N–H and O–H groups in total. The summed E-state index contributed by atoms with van der Waals surface area (Å²) >= 11 is 6.20. The highest BCUT2D eigenvalue weighted by Gasteiger charge is 2.52. The predicted molar refractivity (Wildman–Crippen MR) is 133 cm³/mol. The number of benzene rings is 2. The molecule has 4 aliphatic rings. The van der Waals surface area contributed by atoms with Crippen molar-refractivity contribution in [3.8, 4) is 11.3 Å². The van der Waals surface area contributed by atoms with Crippen LogP contribution in [0.4, 0.5) is 0 Å². The first-order chi connectivity index (χ1) is 16.1. The van der Waals surface area contributed by atoms with E-state index in [0.717, 1.165) is 51.8 Å². The topological polar surface area (TPSA) is 42.7 Å². The Morgan fingerprint density at radius 1 is 0.970 bits per heavy atom. The second kappa shape index (κ2) is 8.56. The molecule has 33 heavy (non-hydrogen) atoms. The van der Waals surface area contributed by atoms with Gasteiger partial charge in [0.15, 0.2) is 0 Å². The Kier molecular flexibility index (Phi) is 5.54. The number of nitrogens with zero attached hydrogens (tertiary/aromatic N) is 3. The van der Waals surface area contributed by atoms with Gasteiger partial charge in [-0.25, -0.2) is 0 Å². The Bertz CT molecular complexity index is 1090. The van der Waals surface area contributed by atoms with E-state index in [4.69, 9.17) is 21.8 Å². The van der Waals surface area contributed by atoms with Crippen molar-refractivity contribution in [1.82, 2.24) is 20.3 Å². The molecule has 4 bridgehead atoms. The van der Waals surface area contributed by atoms with Crippen LogP contribution in [0.25, 0.3) is 11.3 Å². The van der Waals surface area contributed by atoms with Crippen LogP contribution in [0.5, 0.6) is 0 Å². The quantitative estimate of drug-likeness (QED) is 0.447. The van der Waals surface area contributed by atoms with Crippen LogP contribution in [0.2, 0.25) is 5.02 Å². The summed E-state index contributed by atoms with van der Waals surface area (Å²) in [6.07, 6.45) is 8.71. The van der Waals surface area contributed by atoms with E-state index in [1.807, 2.05) is 29.1 Å². The Hall–Kier alpha value is -2.17. The molecule has 4 aliphatic carbocycles. The van der Waals surface area contributed by atoms with Crippen LogP contribution in [-0.4, -0.2) is 21.0 Å². The molecule has 0 radical (unpaired) electrons. The molecule has 2 aromatic carbocycles. The van der Waals surface area contributed by atoms with Crippen LogP contribution in [0, 0.1) is 23.2 Å². The lowest BCUT2D eigenvalue weighted by Gasteiger charge is -2.59. The van der Waals surface area contributed by atoms with Crippen LogP contribution in [0.3, 0.4) is 0 Å². The van der Waals surface area contributed by atoms with Crippen molar-refractivity contribution < 1.29 is 0 Å². The van der Waals surface area contributed by atoms with Crippen LogP contribution < -0.4 is 5.32 Å². The lowest BCUT2D eigenvalue weighted by molar-refractivity contribution is -0.0707. The maximum atomic E-state index is 6.20. The first kappa shape index (κ1) is 21.4. The summed E-state index contributed by atoms with van der Waals surface area (Å²) in [7, 11) is 0. The fourth-order valence-corrected chi connectivity index (χ4v) is 7.58. The van der Waals surface area contributed by atoms with E-state index in [1.54, 1.807) is 0 Å². The van der Waals surface area contributed by atoms with Gasteiger partial charge in [0.25, 0.3) is 0 Å². The molecule has 5 heteroatoms. The fourth-order valence-electron chi connectivity index (χ4n) is 7.37. The minimum Gasteiger partial charge on any atom is -0.308 e. The predicted octanol–water partition coefficient (Wildman–Crippen LogP) is 6.34. The molecule has 172 valence electrons. The van der Waals surface area contributed by atoms with Gasteiger partial charge in [-0.15, -0.1) is 0 Å². The maximum absolute atomic E-state index is 6.20. The normalized spacial score (nSPS) is 28.8. The molecule has 0 amide bonds. The van der Waals surface area contributed by atoms with Crippen molar-refractivity contribution >= 4 is 11.6 Å². The Balaban J connectivity index is 1.23. The molecule has 0 unspecified atom stereocenters. The van der Waals surface area contributed by atoms with Gasteiger partial charge in [0.05, 0.1) is 6.54 Å². The number of hydrogen-bond acceptors (Lipinski definition) is 3. The molecular formula is C28H33ClN4. The number of hydrogen-bond donors (Lipinski definition) is 1. The number of nitrogens with one attached hydrogen (secondary N) is 1. The van der Waals surface area contributed by atoms with Gasteiger partial charge >= 0.3 is 0 Å².